The summed E-state index contributed by atoms with van der Waals surface area (Å²) in [5.74, 6) is 0.0717. The van der Waals surface area contributed by atoms with Crippen LogP contribution in [0, 0.1) is 0 Å². The highest BCUT2D eigenvalue weighted by Crippen LogP contribution is 2.33. The molecule has 0 radical (unpaired) electrons. The lowest BCUT2D eigenvalue weighted by Gasteiger charge is -2.12. The monoisotopic (exact) mass is 411 g/mol. The second-order valence-corrected chi connectivity index (χ2v) is 5.95. The lowest BCUT2D eigenvalue weighted by molar-refractivity contribution is 0.0520. The molecule has 9 heteroatoms. The molecule has 30 heavy (non-hydrogen) atoms. The summed E-state index contributed by atoms with van der Waals surface area (Å²) in [5.41, 5.74) is 1.28. The van der Waals surface area contributed by atoms with Crippen LogP contribution in [-0.4, -0.2) is 47.7 Å². The average Bonchev–Trinajstić information content (AvgIpc) is 3.25. The first-order valence-electron chi connectivity index (χ1n) is 9.28. The first-order valence-corrected chi connectivity index (χ1v) is 9.28. The molecule has 1 aromatic heterocycles. The molecule has 1 heterocycles. The molecule has 0 spiro atoms. The summed E-state index contributed by atoms with van der Waals surface area (Å²) in [6.07, 6.45) is 0. The molecule has 0 aliphatic heterocycles. The van der Waals surface area contributed by atoms with Crippen LogP contribution in [0.4, 0.5) is 0 Å². The van der Waals surface area contributed by atoms with Crippen LogP contribution in [0.25, 0.3) is 11.3 Å². The van der Waals surface area contributed by atoms with Crippen molar-refractivity contribution in [3.8, 4) is 28.5 Å². The molecule has 9 nitrogen and oxygen atoms in total. The molecule has 2 aromatic carbocycles. The minimum atomic E-state index is -0.589. The molecule has 0 saturated heterocycles. The van der Waals surface area contributed by atoms with Crippen molar-refractivity contribution in [2.75, 3.05) is 20.3 Å². The molecular weight excluding hydrogens is 390 g/mol. The Bertz CT molecular complexity index is 1030. The maximum Gasteiger partial charge on any atom is 0.361 e. The van der Waals surface area contributed by atoms with E-state index in [9.17, 15) is 9.59 Å². The first-order chi connectivity index (χ1) is 14.6. The number of H-pyrrole nitrogens is 1. The van der Waals surface area contributed by atoms with Crippen molar-refractivity contribution in [2.45, 2.75) is 13.8 Å². The summed E-state index contributed by atoms with van der Waals surface area (Å²) in [6.45, 7) is 4.08. The van der Waals surface area contributed by atoms with E-state index in [1.807, 2.05) is 6.92 Å². The van der Waals surface area contributed by atoms with E-state index in [4.69, 9.17) is 18.9 Å². The third-order valence-electron chi connectivity index (χ3n) is 4.06. The van der Waals surface area contributed by atoms with Crippen LogP contribution in [0.1, 0.15) is 34.7 Å². The maximum atomic E-state index is 12.5. The first kappa shape index (κ1) is 20.8. The van der Waals surface area contributed by atoms with Gasteiger partial charge in [0.2, 0.25) is 0 Å². The number of benzene rings is 2. The van der Waals surface area contributed by atoms with Crippen LogP contribution in [0.5, 0.6) is 17.2 Å². The molecule has 3 rings (SSSR count). The number of nitrogens with zero attached hydrogens (tertiary/aromatic N) is 2. The van der Waals surface area contributed by atoms with Gasteiger partial charge in [0.05, 0.1) is 25.9 Å². The Morgan fingerprint density at radius 2 is 1.70 bits per heavy atom. The number of aromatic amines is 1. The van der Waals surface area contributed by atoms with Gasteiger partial charge in [-0.05, 0) is 56.3 Å². The minimum absolute atomic E-state index is 0.0577. The van der Waals surface area contributed by atoms with Crippen molar-refractivity contribution in [2.24, 2.45) is 0 Å². The van der Waals surface area contributed by atoms with Gasteiger partial charge < -0.3 is 18.9 Å². The van der Waals surface area contributed by atoms with Crippen molar-refractivity contribution in [1.29, 1.82) is 0 Å². The maximum absolute atomic E-state index is 12.5. The van der Waals surface area contributed by atoms with E-state index in [1.54, 1.807) is 56.5 Å². The van der Waals surface area contributed by atoms with Gasteiger partial charge in [-0.2, -0.15) is 10.3 Å². The lowest BCUT2D eigenvalue weighted by Crippen LogP contribution is -2.10. The van der Waals surface area contributed by atoms with Gasteiger partial charge in [0.25, 0.3) is 0 Å². The van der Waals surface area contributed by atoms with E-state index >= 15 is 0 Å². The van der Waals surface area contributed by atoms with Crippen molar-refractivity contribution in [3.05, 3.63) is 53.7 Å². The summed E-state index contributed by atoms with van der Waals surface area (Å²) in [4.78, 5) is 24.6. The molecule has 0 bridgehead atoms. The topological polar surface area (TPSA) is 113 Å². The number of rotatable bonds is 8. The van der Waals surface area contributed by atoms with Gasteiger partial charge in [0.1, 0.15) is 11.4 Å². The Labute approximate surface area is 172 Å². The summed E-state index contributed by atoms with van der Waals surface area (Å²) >= 11 is 0. The van der Waals surface area contributed by atoms with E-state index in [-0.39, 0.29) is 18.1 Å². The lowest BCUT2D eigenvalue weighted by atomic mass is 10.1. The SMILES string of the molecule is CCOC(=O)c1n[nH]nc1-c1ccc(OC(=O)c2ccc(OC)cc2)c(OCC)c1. The van der Waals surface area contributed by atoms with Crippen molar-refractivity contribution < 1.29 is 28.5 Å². The zero-order chi connectivity index (χ0) is 21.5. The van der Waals surface area contributed by atoms with Gasteiger partial charge in [-0.25, -0.2) is 9.59 Å². The third kappa shape index (κ3) is 4.57. The van der Waals surface area contributed by atoms with Crippen LogP contribution < -0.4 is 14.2 Å². The Kier molecular flexibility index (Phi) is 6.63. The van der Waals surface area contributed by atoms with Crippen molar-refractivity contribution >= 4 is 11.9 Å². The molecule has 0 fully saturated rings. The standard InChI is InChI=1S/C21H21N3O6/c1-4-28-17-12-14(18-19(23-24-22-18)21(26)29-5-2)8-11-16(17)30-20(25)13-6-9-15(27-3)10-7-13/h6-12H,4-5H2,1-3H3,(H,22,23,24). The normalized spacial score (nSPS) is 10.4. The van der Waals surface area contributed by atoms with Crippen molar-refractivity contribution in [3.63, 3.8) is 0 Å². The predicted octanol–water partition coefficient (Wildman–Crippen LogP) is 3.27. The smallest absolute Gasteiger partial charge is 0.361 e. The van der Waals surface area contributed by atoms with Gasteiger partial charge in [-0.1, -0.05) is 0 Å². The van der Waals surface area contributed by atoms with Crippen LogP contribution in [0.3, 0.4) is 0 Å². The number of aromatic nitrogens is 3. The number of methoxy groups -OCH3 is 1. The van der Waals surface area contributed by atoms with Gasteiger partial charge in [-0.3, -0.25) is 0 Å². The molecule has 1 N–H and O–H groups in total. The fraction of sp³-hybridized carbons (Fsp3) is 0.238. The predicted molar refractivity (Wildman–Crippen MR) is 107 cm³/mol. The fourth-order valence-corrected chi connectivity index (χ4v) is 2.67. The zero-order valence-corrected chi connectivity index (χ0v) is 16.8. The summed E-state index contributed by atoms with van der Waals surface area (Å²) in [6, 6.07) is 11.4. The summed E-state index contributed by atoms with van der Waals surface area (Å²) < 4.78 is 21.2. The third-order valence-corrected chi connectivity index (χ3v) is 4.06. The molecule has 3 aromatic rings. The highest BCUT2D eigenvalue weighted by atomic mass is 16.6. The van der Waals surface area contributed by atoms with Crippen LogP contribution in [0.2, 0.25) is 0 Å². The van der Waals surface area contributed by atoms with E-state index in [1.165, 1.54) is 0 Å². The molecule has 156 valence electrons. The number of nitrogens with one attached hydrogen (secondary N) is 1. The average molecular weight is 411 g/mol. The molecule has 0 amide bonds. The largest absolute Gasteiger partial charge is 0.497 e. The number of carbonyl (C=O) groups is 2. The van der Waals surface area contributed by atoms with E-state index < -0.39 is 11.9 Å². The van der Waals surface area contributed by atoms with Gasteiger partial charge in [-0.15, -0.1) is 5.10 Å². The second-order valence-electron chi connectivity index (χ2n) is 5.95. The summed E-state index contributed by atoms with van der Waals surface area (Å²) in [5, 5.41) is 10.3. The Balaban J connectivity index is 1.88. The van der Waals surface area contributed by atoms with Gasteiger partial charge >= 0.3 is 11.9 Å². The molecule has 0 atom stereocenters. The van der Waals surface area contributed by atoms with Gasteiger partial charge in [0.15, 0.2) is 17.2 Å². The minimum Gasteiger partial charge on any atom is -0.497 e. The Hall–Kier alpha value is -3.88. The van der Waals surface area contributed by atoms with Crippen LogP contribution >= 0.6 is 0 Å². The van der Waals surface area contributed by atoms with E-state index in [0.29, 0.717) is 34.9 Å². The van der Waals surface area contributed by atoms with Crippen LogP contribution in [-0.2, 0) is 4.74 Å². The van der Waals surface area contributed by atoms with Gasteiger partial charge in [0, 0.05) is 5.56 Å². The second kappa shape index (κ2) is 9.55. The highest BCUT2D eigenvalue weighted by molar-refractivity contribution is 5.94. The quantitative estimate of drug-likeness (QED) is 0.444. The number of hydrogen-bond donors (Lipinski definition) is 1. The molecule has 0 aliphatic rings. The Morgan fingerprint density at radius 3 is 2.37 bits per heavy atom. The highest BCUT2D eigenvalue weighted by Gasteiger charge is 2.21. The van der Waals surface area contributed by atoms with E-state index in [2.05, 4.69) is 15.4 Å². The van der Waals surface area contributed by atoms with Crippen molar-refractivity contribution in [1.82, 2.24) is 15.4 Å². The molecule has 0 saturated carbocycles. The van der Waals surface area contributed by atoms with Crippen LogP contribution in [0.15, 0.2) is 42.5 Å². The van der Waals surface area contributed by atoms with E-state index in [0.717, 1.165) is 0 Å². The number of carbonyl (C=O) groups excluding carboxylic acids is 2. The molecular formula is C21H21N3O6. The summed E-state index contributed by atoms with van der Waals surface area (Å²) in [7, 11) is 1.55. The molecule has 0 aliphatic carbocycles. The fourth-order valence-electron chi connectivity index (χ4n) is 2.67. The number of ether oxygens (including phenoxy) is 4. The Morgan fingerprint density at radius 1 is 0.933 bits per heavy atom. The number of esters is 2. The zero-order valence-electron chi connectivity index (χ0n) is 16.8. The number of hydrogen-bond acceptors (Lipinski definition) is 8. The molecule has 0 unspecified atom stereocenters.